The molecule has 0 fully saturated rings. The van der Waals surface area contributed by atoms with Gasteiger partial charge in [-0.1, -0.05) is 45.2 Å². The van der Waals surface area contributed by atoms with E-state index in [0.717, 1.165) is 4.47 Å². The number of halogens is 3. The van der Waals surface area contributed by atoms with Crippen molar-refractivity contribution in [2.75, 3.05) is 11.9 Å². The van der Waals surface area contributed by atoms with Crippen LogP contribution in [-0.4, -0.2) is 23.5 Å². The fraction of sp³-hybridized carbons (Fsp3) is 0.0714. The van der Waals surface area contributed by atoms with Gasteiger partial charge >= 0.3 is 5.97 Å². The summed E-state index contributed by atoms with van der Waals surface area (Å²) in [6.07, 6.45) is 1.34. The number of nitrogens with zero attached hydrogens (tertiary/aromatic N) is 1. The number of hydrogen-bond donors (Lipinski definition) is 1. The van der Waals surface area contributed by atoms with Crippen molar-refractivity contribution in [1.82, 2.24) is 4.98 Å². The van der Waals surface area contributed by atoms with Crippen LogP contribution in [0.2, 0.25) is 10.0 Å². The lowest BCUT2D eigenvalue weighted by Gasteiger charge is -2.07. The zero-order valence-electron chi connectivity index (χ0n) is 11.0. The zero-order chi connectivity index (χ0) is 16.1. The number of aromatic nitrogens is 1. The molecular weight excluding hydrogens is 395 g/mol. The lowest BCUT2D eigenvalue weighted by molar-refractivity contribution is -0.119. The van der Waals surface area contributed by atoms with Crippen LogP contribution in [0, 0.1) is 0 Å². The normalized spacial score (nSPS) is 10.1. The molecule has 8 heteroatoms. The molecule has 1 N–H and O–H groups in total. The number of nitrogens with one attached hydrogen (secondary N) is 1. The number of carbonyl (C=O) groups is 2. The van der Waals surface area contributed by atoms with Gasteiger partial charge in [0.1, 0.15) is 0 Å². The van der Waals surface area contributed by atoms with E-state index in [0.29, 0.717) is 10.6 Å². The molecule has 0 bridgehead atoms. The second-order valence-corrected chi connectivity index (χ2v) is 5.88. The third kappa shape index (κ3) is 4.69. The van der Waals surface area contributed by atoms with Gasteiger partial charge in [0.25, 0.3) is 5.91 Å². The van der Waals surface area contributed by atoms with Crippen molar-refractivity contribution in [3.8, 4) is 0 Å². The maximum atomic E-state index is 11.8. The third-order valence-corrected chi connectivity index (χ3v) is 3.45. The lowest BCUT2D eigenvalue weighted by Crippen LogP contribution is -2.21. The molecule has 1 aromatic carbocycles. The highest BCUT2D eigenvalue weighted by Crippen LogP contribution is 2.22. The van der Waals surface area contributed by atoms with E-state index in [1.165, 1.54) is 12.3 Å². The highest BCUT2D eigenvalue weighted by molar-refractivity contribution is 9.10. The van der Waals surface area contributed by atoms with Crippen molar-refractivity contribution in [3.05, 3.63) is 56.6 Å². The summed E-state index contributed by atoms with van der Waals surface area (Å²) < 4.78 is 5.65. The summed E-state index contributed by atoms with van der Waals surface area (Å²) >= 11 is 14.8. The Bertz CT molecular complexity index is 725. The molecule has 0 aliphatic heterocycles. The van der Waals surface area contributed by atoms with Crippen LogP contribution in [0.3, 0.4) is 0 Å². The van der Waals surface area contributed by atoms with E-state index in [1.54, 1.807) is 24.3 Å². The number of ether oxygens (including phenoxy) is 1. The lowest BCUT2D eigenvalue weighted by atomic mass is 10.2. The van der Waals surface area contributed by atoms with Crippen LogP contribution in [0.5, 0.6) is 0 Å². The van der Waals surface area contributed by atoms with Crippen molar-refractivity contribution in [2.24, 2.45) is 0 Å². The number of rotatable bonds is 4. The van der Waals surface area contributed by atoms with Gasteiger partial charge in [-0.2, -0.15) is 0 Å². The minimum Gasteiger partial charge on any atom is -0.452 e. The van der Waals surface area contributed by atoms with Crippen LogP contribution in [0.1, 0.15) is 10.4 Å². The minimum absolute atomic E-state index is 0.148. The summed E-state index contributed by atoms with van der Waals surface area (Å²) in [7, 11) is 0. The van der Waals surface area contributed by atoms with Gasteiger partial charge in [0, 0.05) is 10.7 Å². The standard InChI is InChI=1S/C14H9BrCl2N2O3/c15-9-3-1-2-8(4-9)14(21)22-7-12(20)19-13-11(17)5-10(16)6-18-13/h1-6H,7H2,(H,18,19,20). The van der Waals surface area contributed by atoms with Crippen molar-refractivity contribution in [2.45, 2.75) is 0 Å². The quantitative estimate of drug-likeness (QED) is 0.785. The Kier molecular flexibility index (Phi) is 5.76. The smallest absolute Gasteiger partial charge is 0.338 e. The number of carbonyl (C=O) groups excluding carboxylic acids is 2. The predicted octanol–water partition coefficient (Wildman–Crippen LogP) is 3.95. The molecule has 0 saturated carbocycles. The number of esters is 1. The molecule has 0 aliphatic rings. The zero-order valence-corrected chi connectivity index (χ0v) is 14.1. The highest BCUT2D eigenvalue weighted by atomic mass is 79.9. The van der Waals surface area contributed by atoms with Gasteiger partial charge in [0.15, 0.2) is 12.4 Å². The molecule has 2 rings (SSSR count). The Labute approximate surface area is 144 Å². The van der Waals surface area contributed by atoms with Gasteiger partial charge in [-0.25, -0.2) is 9.78 Å². The first-order chi connectivity index (χ1) is 10.5. The monoisotopic (exact) mass is 402 g/mol. The van der Waals surface area contributed by atoms with Crippen molar-refractivity contribution in [1.29, 1.82) is 0 Å². The Morgan fingerprint density at radius 3 is 2.73 bits per heavy atom. The van der Waals surface area contributed by atoms with Crippen molar-refractivity contribution >= 4 is 56.8 Å². The second kappa shape index (κ2) is 7.58. The molecule has 0 saturated heterocycles. The number of amides is 1. The van der Waals surface area contributed by atoms with E-state index < -0.39 is 18.5 Å². The fourth-order valence-corrected chi connectivity index (χ4v) is 2.33. The first-order valence-electron chi connectivity index (χ1n) is 5.99. The van der Waals surface area contributed by atoms with Crippen LogP contribution in [0.15, 0.2) is 41.0 Å². The number of pyridine rings is 1. The summed E-state index contributed by atoms with van der Waals surface area (Å²) in [6.45, 7) is -0.452. The predicted molar refractivity (Wildman–Crippen MR) is 87.3 cm³/mol. The Morgan fingerprint density at radius 2 is 2.05 bits per heavy atom. The number of benzene rings is 1. The largest absolute Gasteiger partial charge is 0.452 e. The van der Waals surface area contributed by atoms with Gasteiger partial charge < -0.3 is 10.1 Å². The van der Waals surface area contributed by atoms with Crippen molar-refractivity contribution in [3.63, 3.8) is 0 Å². The maximum absolute atomic E-state index is 11.8. The Hall–Kier alpha value is -1.63. The first-order valence-corrected chi connectivity index (χ1v) is 7.54. The average Bonchev–Trinajstić information content (AvgIpc) is 2.47. The summed E-state index contributed by atoms with van der Waals surface area (Å²) in [5.74, 6) is -1.01. The van der Waals surface area contributed by atoms with Crippen LogP contribution in [0.25, 0.3) is 0 Å². The van der Waals surface area contributed by atoms with Crippen LogP contribution in [-0.2, 0) is 9.53 Å². The van der Waals surface area contributed by atoms with Gasteiger partial charge in [-0.05, 0) is 24.3 Å². The molecule has 1 amide bonds. The Balaban J connectivity index is 1.91. The third-order valence-electron chi connectivity index (χ3n) is 2.46. The molecule has 1 heterocycles. The topological polar surface area (TPSA) is 68.3 Å². The van der Waals surface area contributed by atoms with Crippen LogP contribution < -0.4 is 5.32 Å². The molecule has 0 radical (unpaired) electrons. The average molecular weight is 404 g/mol. The molecule has 1 aromatic heterocycles. The van der Waals surface area contributed by atoms with Crippen molar-refractivity contribution < 1.29 is 14.3 Å². The van der Waals surface area contributed by atoms with E-state index in [-0.39, 0.29) is 10.8 Å². The van der Waals surface area contributed by atoms with E-state index in [9.17, 15) is 9.59 Å². The molecule has 114 valence electrons. The summed E-state index contributed by atoms with van der Waals surface area (Å²) in [4.78, 5) is 27.4. The van der Waals surface area contributed by atoms with Gasteiger partial charge in [0.2, 0.25) is 0 Å². The number of hydrogen-bond acceptors (Lipinski definition) is 4. The summed E-state index contributed by atoms with van der Waals surface area (Å²) in [5, 5.41) is 2.97. The van der Waals surface area contributed by atoms with Gasteiger partial charge in [-0.3, -0.25) is 4.79 Å². The van der Waals surface area contributed by atoms with E-state index >= 15 is 0 Å². The summed E-state index contributed by atoms with van der Waals surface area (Å²) in [6, 6.07) is 8.09. The van der Waals surface area contributed by atoms with E-state index in [1.807, 2.05) is 0 Å². The van der Waals surface area contributed by atoms with Crippen LogP contribution >= 0.6 is 39.1 Å². The highest BCUT2D eigenvalue weighted by Gasteiger charge is 2.12. The van der Waals surface area contributed by atoms with Gasteiger partial charge in [0.05, 0.1) is 15.6 Å². The van der Waals surface area contributed by atoms with E-state index in [4.69, 9.17) is 27.9 Å². The SMILES string of the molecule is O=C(COC(=O)c1cccc(Br)c1)Nc1ncc(Cl)cc1Cl. The number of anilines is 1. The second-order valence-electron chi connectivity index (χ2n) is 4.12. The molecular formula is C14H9BrCl2N2O3. The molecule has 22 heavy (non-hydrogen) atoms. The first kappa shape index (κ1) is 16.7. The van der Waals surface area contributed by atoms with Gasteiger partial charge in [-0.15, -0.1) is 0 Å². The molecule has 0 aliphatic carbocycles. The fourth-order valence-electron chi connectivity index (χ4n) is 1.50. The van der Waals surface area contributed by atoms with Crippen LogP contribution in [0.4, 0.5) is 5.82 Å². The molecule has 0 unspecified atom stereocenters. The molecule has 0 spiro atoms. The van der Waals surface area contributed by atoms with E-state index in [2.05, 4.69) is 26.2 Å². The Morgan fingerprint density at radius 1 is 1.27 bits per heavy atom. The summed E-state index contributed by atoms with van der Waals surface area (Å²) in [5.41, 5.74) is 0.338. The minimum atomic E-state index is -0.605. The molecule has 5 nitrogen and oxygen atoms in total. The maximum Gasteiger partial charge on any atom is 0.338 e. The molecule has 2 aromatic rings. The molecule has 0 atom stereocenters.